The summed E-state index contributed by atoms with van der Waals surface area (Å²) in [5.41, 5.74) is 7.66. The summed E-state index contributed by atoms with van der Waals surface area (Å²) in [6.07, 6.45) is 1.38. The van der Waals surface area contributed by atoms with Crippen molar-refractivity contribution in [1.29, 1.82) is 0 Å². The molecule has 0 unspecified atom stereocenters. The zero-order valence-corrected chi connectivity index (χ0v) is 16.1. The molecule has 8 heteroatoms. The minimum atomic E-state index is 0.372. The van der Waals surface area contributed by atoms with Crippen molar-refractivity contribution in [2.24, 2.45) is 11.6 Å². The fraction of sp³-hybridized carbons (Fsp3) is 0.263. The smallest absolute Gasteiger partial charge is 0.207 e. The topological polar surface area (TPSA) is 101 Å². The van der Waals surface area contributed by atoms with Gasteiger partial charge in [-0.25, -0.2) is 5.84 Å². The van der Waals surface area contributed by atoms with Crippen molar-refractivity contribution in [3.05, 3.63) is 42.1 Å². The Morgan fingerprint density at radius 1 is 0.815 bits per heavy atom. The molecule has 0 aliphatic carbocycles. The summed E-state index contributed by atoms with van der Waals surface area (Å²) in [5.74, 6) is 8.69. The number of rotatable bonds is 8. The molecule has 0 heterocycles. The van der Waals surface area contributed by atoms with Crippen molar-refractivity contribution in [2.75, 3.05) is 40.6 Å². The molecule has 2 aromatic rings. The largest absolute Gasteiger partial charge is 0.497 e. The van der Waals surface area contributed by atoms with Gasteiger partial charge in [-0.3, -0.25) is 5.01 Å². The Morgan fingerprint density at radius 2 is 1.41 bits per heavy atom. The van der Waals surface area contributed by atoms with Crippen LogP contribution in [-0.2, 0) is 0 Å². The zero-order valence-electron chi connectivity index (χ0n) is 16.1. The molecule has 146 valence electrons. The monoisotopic (exact) mass is 375 g/mol. The minimum absolute atomic E-state index is 0.372. The van der Waals surface area contributed by atoms with Crippen molar-refractivity contribution in [1.82, 2.24) is 0 Å². The number of anilines is 1. The van der Waals surface area contributed by atoms with Crippen molar-refractivity contribution in [3.8, 4) is 28.7 Å². The first-order chi connectivity index (χ1) is 13.1. The highest BCUT2D eigenvalue weighted by atomic mass is 16.5. The Bertz CT molecular complexity index is 806. The average molecular weight is 375 g/mol. The maximum absolute atomic E-state index is 6.33. The number of hydrogen-bond donors (Lipinski definition) is 2. The second kappa shape index (κ2) is 8.91. The first-order valence-electron chi connectivity index (χ1n) is 8.04. The Balaban J connectivity index is 2.61. The molecule has 0 bridgehead atoms. The van der Waals surface area contributed by atoms with Crippen LogP contribution in [0.5, 0.6) is 28.7 Å². The summed E-state index contributed by atoms with van der Waals surface area (Å²) in [7, 11) is 7.69. The summed E-state index contributed by atoms with van der Waals surface area (Å²) in [4.78, 5) is 0. The summed E-state index contributed by atoms with van der Waals surface area (Å²) in [5, 5.41) is 1.43. The fourth-order valence-electron chi connectivity index (χ4n) is 2.70. The predicted octanol–water partition coefficient (Wildman–Crippen LogP) is 2.37. The van der Waals surface area contributed by atoms with Crippen molar-refractivity contribution in [3.63, 3.8) is 0 Å². The van der Waals surface area contributed by atoms with E-state index in [-0.39, 0.29) is 0 Å². The molecule has 2 aromatic carbocycles. The van der Waals surface area contributed by atoms with Crippen LogP contribution in [0.25, 0.3) is 5.70 Å². The maximum atomic E-state index is 6.33. The van der Waals surface area contributed by atoms with Gasteiger partial charge in [-0.2, -0.15) is 0 Å². The second-order valence-corrected chi connectivity index (χ2v) is 5.35. The molecule has 0 saturated heterocycles. The van der Waals surface area contributed by atoms with Crippen LogP contribution < -0.4 is 40.3 Å². The van der Waals surface area contributed by atoms with Crippen LogP contribution in [0, 0.1) is 0 Å². The van der Waals surface area contributed by atoms with E-state index >= 15 is 0 Å². The first-order valence-corrected chi connectivity index (χ1v) is 8.04. The average Bonchev–Trinajstić information content (AvgIpc) is 2.72. The Hall–Kier alpha value is -3.26. The third-order valence-corrected chi connectivity index (χ3v) is 4.03. The summed E-state index contributed by atoms with van der Waals surface area (Å²) in [6, 6.07) is 8.95. The molecule has 8 nitrogen and oxygen atoms in total. The van der Waals surface area contributed by atoms with Gasteiger partial charge >= 0.3 is 0 Å². The van der Waals surface area contributed by atoms with Gasteiger partial charge in [0.15, 0.2) is 11.5 Å². The van der Waals surface area contributed by atoms with Crippen molar-refractivity contribution >= 4 is 11.4 Å². The lowest BCUT2D eigenvalue weighted by molar-refractivity contribution is 0.305. The lowest BCUT2D eigenvalue weighted by Crippen LogP contribution is -2.30. The molecule has 0 amide bonds. The molecule has 0 aliphatic rings. The first kappa shape index (κ1) is 20.1. The van der Waals surface area contributed by atoms with E-state index in [1.54, 1.807) is 25.3 Å². The molecule has 0 atom stereocenters. The van der Waals surface area contributed by atoms with Gasteiger partial charge in [-0.1, -0.05) is 0 Å². The van der Waals surface area contributed by atoms with Crippen LogP contribution in [0.4, 0.5) is 5.69 Å². The molecular formula is C19H25N3O5. The molecule has 0 spiro atoms. The second-order valence-electron chi connectivity index (χ2n) is 5.35. The number of methoxy groups -OCH3 is 5. The molecule has 2 rings (SSSR count). The number of ether oxygens (including phenoxy) is 5. The third kappa shape index (κ3) is 3.80. The Labute approximate surface area is 158 Å². The molecular weight excluding hydrogens is 350 g/mol. The van der Waals surface area contributed by atoms with E-state index in [0.29, 0.717) is 39.9 Å². The van der Waals surface area contributed by atoms with E-state index in [4.69, 9.17) is 35.3 Å². The van der Waals surface area contributed by atoms with E-state index < -0.39 is 0 Å². The summed E-state index contributed by atoms with van der Waals surface area (Å²) >= 11 is 0. The van der Waals surface area contributed by atoms with Gasteiger partial charge in [0.1, 0.15) is 5.75 Å². The third-order valence-electron chi connectivity index (χ3n) is 4.03. The number of hydrogen-bond acceptors (Lipinski definition) is 8. The number of benzene rings is 2. The van der Waals surface area contributed by atoms with Crippen molar-refractivity contribution < 1.29 is 23.7 Å². The standard InChI is InChI=1S/C19H25N3O5/c1-23-13-8-6-12(7-9-13)22(21)15(11-20)14-10-16(24-2)18(26-4)19(27-5)17(14)25-3/h6-11H,20-21H2,1-5H3/b15-11-. The van der Waals surface area contributed by atoms with Crippen LogP contribution in [0.3, 0.4) is 0 Å². The van der Waals surface area contributed by atoms with Crippen LogP contribution in [-0.4, -0.2) is 35.5 Å². The lowest BCUT2D eigenvalue weighted by Gasteiger charge is -2.25. The van der Waals surface area contributed by atoms with E-state index in [0.717, 1.165) is 5.75 Å². The number of nitrogens with two attached hydrogens (primary N) is 2. The molecule has 0 aromatic heterocycles. The van der Waals surface area contributed by atoms with Crippen LogP contribution in [0.15, 0.2) is 36.5 Å². The zero-order chi connectivity index (χ0) is 20.0. The highest BCUT2D eigenvalue weighted by molar-refractivity contribution is 5.84. The highest BCUT2D eigenvalue weighted by Crippen LogP contribution is 2.48. The normalized spacial score (nSPS) is 11.0. The Morgan fingerprint density at radius 3 is 1.85 bits per heavy atom. The quantitative estimate of drug-likeness (QED) is 0.536. The SMILES string of the molecule is COc1ccc(N(N)/C(=C\N)c2cc(OC)c(OC)c(OC)c2OC)cc1. The van der Waals surface area contributed by atoms with Gasteiger partial charge in [0.25, 0.3) is 0 Å². The van der Waals surface area contributed by atoms with Crippen LogP contribution in [0.2, 0.25) is 0 Å². The van der Waals surface area contributed by atoms with E-state index in [1.807, 2.05) is 12.1 Å². The van der Waals surface area contributed by atoms with E-state index in [2.05, 4.69) is 0 Å². The molecule has 0 radical (unpaired) electrons. The lowest BCUT2D eigenvalue weighted by atomic mass is 10.1. The fourth-order valence-corrected chi connectivity index (χ4v) is 2.70. The van der Waals surface area contributed by atoms with Gasteiger partial charge in [-0.05, 0) is 30.3 Å². The van der Waals surface area contributed by atoms with Gasteiger partial charge in [0, 0.05) is 6.20 Å². The van der Waals surface area contributed by atoms with Gasteiger partial charge in [0.05, 0.1) is 52.5 Å². The predicted molar refractivity (Wildman–Crippen MR) is 104 cm³/mol. The van der Waals surface area contributed by atoms with Gasteiger partial charge in [0.2, 0.25) is 11.5 Å². The molecule has 4 N–H and O–H groups in total. The van der Waals surface area contributed by atoms with Gasteiger partial charge in [-0.15, -0.1) is 0 Å². The minimum Gasteiger partial charge on any atom is -0.497 e. The molecule has 27 heavy (non-hydrogen) atoms. The number of hydrazine groups is 1. The van der Waals surface area contributed by atoms with Crippen LogP contribution >= 0.6 is 0 Å². The molecule has 0 fully saturated rings. The molecule has 0 saturated carbocycles. The van der Waals surface area contributed by atoms with Crippen LogP contribution in [0.1, 0.15) is 5.56 Å². The van der Waals surface area contributed by atoms with Crippen molar-refractivity contribution in [2.45, 2.75) is 0 Å². The summed E-state index contributed by atoms with van der Waals surface area (Å²) < 4.78 is 27.0. The maximum Gasteiger partial charge on any atom is 0.207 e. The molecule has 0 aliphatic heterocycles. The number of nitrogens with zero attached hydrogens (tertiary/aromatic N) is 1. The van der Waals surface area contributed by atoms with E-state index in [9.17, 15) is 0 Å². The van der Waals surface area contributed by atoms with Gasteiger partial charge < -0.3 is 29.4 Å². The highest BCUT2D eigenvalue weighted by Gasteiger charge is 2.25. The Kier molecular flexibility index (Phi) is 6.62. The summed E-state index contributed by atoms with van der Waals surface area (Å²) in [6.45, 7) is 0. The van der Waals surface area contributed by atoms with E-state index in [1.165, 1.54) is 39.6 Å².